The van der Waals surface area contributed by atoms with Gasteiger partial charge in [-0.05, 0) is 69.8 Å². The molecule has 0 unspecified atom stereocenters. The Hall–Kier alpha value is -5.70. The number of carbonyl (C=O) groups is 2. The van der Waals surface area contributed by atoms with E-state index in [9.17, 15) is 22.8 Å². The topological polar surface area (TPSA) is 84.2 Å². The third kappa shape index (κ3) is 6.47. The smallest absolute Gasteiger partial charge is 0.416 e. The van der Waals surface area contributed by atoms with Crippen LogP contribution in [-0.4, -0.2) is 26.8 Å². The summed E-state index contributed by atoms with van der Waals surface area (Å²) in [6, 6.07) is 32.4. The van der Waals surface area contributed by atoms with Crippen molar-refractivity contribution in [2.75, 3.05) is 0 Å². The number of halogens is 3. The third-order valence-corrected chi connectivity index (χ3v) is 7.55. The molecule has 0 saturated heterocycles. The number of hydrogen-bond acceptors (Lipinski definition) is 3. The van der Waals surface area contributed by atoms with Gasteiger partial charge in [-0.2, -0.15) is 18.3 Å². The summed E-state index contributed by atoms with van der Waals surface area (Å²) in [6.07, 6.45) is -2.91. The monoisotopic (exact) mass is 605 g/mol. The zero-order valence-electron chi connectivity index (χ0n) is 23.8. The van der Waals surface area contributed by atoms with Crippen molar-refractivity contribution in [1.82, 2.24) is 15.1 Å². The van der Waals surface area contributed by atoms with Gasteiger partial charge in [0.25, 0.3) is 5.91 Å². The van der Waals surface area contributed by atoms with Gasteiger partial charge in [0.05, 0.1) is 34.9 Å². The molecule has 1 amide bonds. The van der Waals surface area contributed by atoms with E-state index in [2.05, 4.69) is 10.4 Å². The van der Waals surface area contributed by atoms with Gasteiger partial charge in [-0.15, -0.1) is 0 Å². The summed E-state index contributed by atoms with van der Waals surface area (Å²) in [4.78, 5) is 24.9. The molecule has 2 N–H and O–H groups in total. The molecule has 0 saturated carbocycles. The van der Waals surface area contributed by atoms with E-state index in [0.29, 0.717) is 34.1 Å². The van der Waals surface area contributed by atoms with E-state index < -0.39 is 23.6 Å². The van der Waals surface area contributed by atoms with Crippen LogP contribution >= 0.6 is 0 Å². The highest BCUT2D eigenvalue weighted by molar-refractivity contribution is 6.07. The molecular formula is C36H26F3N3O3. The number of benzene rings is 5. The lowest BCUT2D eigenvalue weighted by atomic mass is 9.98. The van der Waals surface area contributed by atoms with E-state index in [1.165, 1.54) is 18.2 Å². The van der Waals surface area contributed by atoms with E-state index in [1.807, 2.05) is 54.6 Å². The van der Waals surface area contributed by atoms with Crippen LogP contribution in [0.1, 0.15) is 37.4 Å². The van der Waals surface area contributed by atoms with Crippen LogP contribution in [0.15, 0.2) is 121 Å². The number of carboxylic acid groups (broad SMARTS) is 1. The van der Waals surface area contributed by atoms with Gasteiger partial charge in [0.2, 0.25) is 0 Å². The number of carboxylic acids is 1. The van der Waals surface area contributed by atoms with Gasteiger partial charge >= 0.3 is 12.1 Å². The molecular weight excluding hydrogens is 579 g/mol. The second-order valence-corrected chi connectivity index (χ2v) is 10.6. The maximum atomic E-state index is 13.7. The zero-order chi connectivity index (χ0) is 31.6. The van der Waals surface area contributed by atoms with Crippen molar-refractivity contribution in [2.45, 2.75) is 19.3 Å². The predicted octanol–water partition coefficient (Wildman–Crippen LogP) is 8.07. The number of carbonyl (C=O) groups excluding carboxylic acids is 1. The lowest BCUT2D eigenvalue weighted by Crippen LogP contribution is -2.24. The van der Waals surface area contributed by atoms with Gasteiger partial charge in [0, 0.05) is 11.9 Å². The number of rotatable bonds is 8. The summed E-state index contributed by atoms with van der Waals surface area (Å²) >= 11 is 0. The number of aromatic carboxylic acids is 1. The van der Waals surface area contributed by atoms with Crippen molar-refractivity contribution in [2.24, 2.45) is 0 Å². The number of nitrogens with one attached hydrogen (secondary N) is 1. The van der Waals surface area contributed by atoms with Crippen molar-refractivity contribution in [3.63, 3.8) is 0 Å². The normalized spacial score (nSPS) is 11.4. The fourth-order valence-corrected chi connectivity index (χ4v) is 5.22. The Balaban J connectivity index is 1.36. The van der Waals surface area contributed by atoms with Gasteiger partial charge in [0.15, 0.2) is 0 Å². The van der Waals surface area contributed by atoms with E-state index in [4.69, 9.17) is 5.11 Å². The summed E-state index contributed by atoms with van der Waals surface area (Å²) in [5.41, 5.74) is 4.67. The minimum Gasteiger partial charge on any atom is -0.478 e. The minimum absolute atomic E-state index is 0.114. The standard InChI is InChI=1S/C36H26F3N3O3/c37-36(38,39)31-8-4-7-28(18-31)29-17-30-21-41-42(22-24-11-13-26(14-12-24)25-5-2-1-3-6-25)33(30)32(19-29)34(43)40-20-23-9-15-27(16-10-23)35(44)45/h1-19,21H,20,22H2,(H,40,43)(H,44,45). The second-order valence-electron chi connectivity index (χ2n) is 10.6. The molecule has 0 aliphatic carbocycles. The highest BCUT2D eigenvalue weighted by Gasteiger charge is 2.30. The van der Waals surface area contributed by atoms with Crippen molar-refractivity contribution < 1.29 is 27.9 Å². The molecule has 0 spiro atoms. The Bertz CT molecular complexity index is 2000. The Labute approximate surface area is 256 Å². The largest absolute Gasteiger partial charge is 0.478 e. The Morgan fingerprint density at radius 1 is 0.733 bits per heavy atom. The Morgan fingerprint density at radius 2 is 1.40 bits per heavy atom. The maximum Gasteiger partial charge on any atom is 0.416 e. The third-order valence-electron chi connectivity index (χ3n) is 7.55. The zero-order valence-corrected chi connectivity index (χ0v) is 23.8. The van der Waals surface area contributed by atoms with Gasteiger partial charge in [-0.3, -0.25) is 9.48 Å². The van der Waals surface area contributed by atoms with Crippen molar-refractivity contribution in [3.05, 3.63) is 149 Å². The van der Waals surface area contributed by atoms with Crippen LogP contribution in [0.25, 0.3) is 33.2 Å². The van der Waals surface area contributed by atoms with Crippen molar-refractivity contribution >= 4 is 22.8 Å². The van der Waals surface area contributed by atoms with Crippen LogP contribution in [0.2, 0.25) is 0 Å². The predicted molar refractivity (Wildman–Crippen MR) is 166 cm³/mol. The summed E-state index contributed by atoms with van der Waals surface area (Å²) in [5.74, 6) is -1.50. The molecule has 0 fully saturated rings. The summed E-state index contributed by atoms with van der Waals surface area (Å²) in [6.45, 7) is 0.474. The average molecular weight is 606 g/mol. The number of fused-ring (bicyclic) bond motifs is 1. The molecule has 9 heteroatoms. The number of alkyl halides is 3. The molecule has 6 aromatic rings. The average Bonchev–Trinajstić information content (AvgIpc) is 3.46. The van der Waals surface area contributed by atoms with Crippen molar-refractivity contribution in [3.8, 4) is 22.3 Å². The van der Waals surface area contributed by atoms with Gasteiger partial charge in [0.1, 0.15) is 0 Å². The number of hydrogen-bond donors (Lipinski definition) is 2. The van der Waals surface area contributed by atoms with Crippen LogP contribution in [0.3, 0.4) is 0 Å². The lowest BCUT2D eigenvalue weighted by molar-refractivity contribution is -0.137. The molecule has 0 radical (unpaired) electrons. The van der Waals surface area contributed by atoms with Gasteiger partial charge < -0.3 is 10.4 Å². The van der Waals surface area contributed by atoms with Crippen LogP contribution in [-0.2, 0) is 19.3 Å². The number of aromatic nitrogens is 2. The summed E-state index contributed by atoms with van der Waals surface area (Å²) < 4.78 is 42.2. The number of amides is 1. The number of nitrogens with zero attached hydrogens (tertiary/aromatic N) is 2. The SMILES string of the molecule is O=C(O)c1ccc(CNC(=O)c2cc(-c3cccc(C(F)(F)F)c3)cc3cnn(Cc4ccc(-c5ccccc5)cc4)c23)cc1. The van der Waals surface area contributed by atoms with E-state index in [0.717, 1.165) is 28.8 Å². The van der Waals surface area contributed by atoms with Crippen LogP contribution in [0.5, 0.6) is 0 Å². The molecule has 224 valence electrons. The highest BCUT2D eigenvalue weighted by atomic mass is 19.4. The van der Waals surface area contributed by atoms with Gasteiger partial charge in [-0.25, -0.2) is 4.79 Å². The molecule has 6 nitrogen and oxygen atoms in total. The Kier molecular flexibility index (Phi) is 7.91. The van der Waals surface area contributed by atoms with E-state index in [1.54, 1.807) is 41.2 Å². The quantitative estimate of drug-likeness (QED) is 0.184. The molecule has 1 aromatic heterocycles. The van der Waals surface area contributed by atoms with Crippen molar-refractivity contribution in [1.29, 1.82) is 0 Å². The minimum atomic E-state index is -4.52. The molecule has 0 bridgehead atoms. The molecule has 0 aliphatic rings. The first-order valence-electron chi connectivity index (χ1n) is 14.1. The first kappa shape index (κ1) is 29.4. The maximum absolute atomic E-state index is 13.7. The van der Waals surface area contributed by atoms with Crippen LogP contribution in [0, 0.1) is 0 Å². The van der Waals surface area contributed by atoms with Crippen LogP contribution in [0.4, 0.5) is 13.2 Å². The highest BCUT2D eigenvalue weighted by Crippen LogP contribution is 2.34. The van der Waals surface area contributed by atoms with Crippen LogP contribution < -0.4 is 5.32 Å². The van der Waals surface area contributed by atoms with E-state index in [-0.39, 0.29) is 17.7 Å². The molecule has 5 aromatic carbocycles. The summed E-state index contributed by atoms with van der Waals surface area (Å²) in [5, 5.41) is 17.2. The Morgan fingerprint density at radius 3 is 2.09 bits per heavy atom. The fraction of sp³-hybridized carbons (Fsp3) is 0.0833. The molecule has 0 aliphatic heterocycles. The second kappa shape index (κ2) is 12.1. The molecule has 1 heterocycles. The lowest BCUT2D eigenvalue weighted by Gasteiger charge is -2.13. The molecule has 0 atom stereocenters. The molecule has 45 heavy (non-hydrogen) atoms. The summed E-state index contributed by atoms with van der Waals surface area (Å²) in [7, 11) is 0. The fourth-order valence-electron chi connectivity index (χ4n) is 5.22. The van der Waals surface area contributed by atoms with Gasteiger partial charge in [-0.1, -0.05) is 78.9 Å². The first-order valence-corrected chi connectivity index (χ1v) is 14.1. The molecule has 6 rings (SSSR count). The first-order chi connectivity index (χ1) is 21.7. The van der Waals surface area contributed by atoms with E-state index >= 15 is 0 Å².